The molecular weight excluding hydrogens is 232 g/mol. The quantitative estimate of drug-likeness (QED) is 0.749. The van der Waals surface area contributed by atoms with Crippen molar-refractivity contribution in [2.45, 2.75) is 13.0 Å². The van der Waals surface area contributed by atoms with E-state index in [1.165, 1.54) is 7.11 Å². The summed E-state index contributed by atoms with van der Waals surface area (Å²) in [5.74, 6) is 0.507. The lowest BCUT2D eigenvalue weighted by Crippen LogP contribution is -2.24. The van der Waals surface area contributed by atoms with Gasteiger partial charge in [-0.15, -0.1) is 0 Å². The third-order valence-corrected chi connectivity index (χ3v) is 3.18. The predicted molar refractivity (Wildman–Crippen MR) is 66.2 cm³/mol. The van der Waals surface area contributed by atoms with E-state index in [-0.39, 0.29) is 11.9 Å². The molecule has 0 saturated carbocycles. The van der Waals surface area contributed by atoms with E-state index in [4.69, 9.17) is 9.47 Å². The first-order chi connectivity index (χ1) is 8.72. The van der Waals surface area contributed by atoms with Crippen LogP contribution >= 0.6 is 0 Å². The highest BCUT2D eigenvalue weighted by Gasteiger charge is 2.28. The first kappa shape index (κ1) is 12.8. The lowest BCUT2D eigenvalue weighted by Gasteiger charge is -2.15. The van der Waals surface area contributed by atoms with E-state index in [1.807, 2.05) is 18.2 Å². The van der Waals surface area contributed by atoms with E-state index in [9.17, 15) is 4.79 Å². The van der Waals surface area contributed by atoms with Gasteiger partial charge in [-0.2, -0.15) is 0 Å². The van der Waals surface area contributed by atoms with Crippen LogP contribution in [-0.2, 0) is 16.1 Å². The second-order valence-corrected chi connectivity index (χ2v) is 4.42. The molecule has 18 heavy (non-hydrogen) atoms. The van der Waals surface area contributed by atoms with Crippen molar-refractivity contribution >= 4 is 5.97 Å². The van der Waals surface area contributed by atoms with E-state index in [2.05, 4.69) is 9.88 Å². The van der Waals surface area contributed by atoms with Gasteiger partial charge in [-0.1, -0.05) is 6.07 Å². The van der Waals surface area contributed by atoms with Crippen molar-refractivity contribution in [2.24, 2.45) is 5.92 Å². The summed E-state index contributed by atoms with van der Waals surface area (Å²) < 4.78 is 9.86. The number of methoxy groups -OCH3 is 2. The summed E-state index contributed by atoms with van der Waals surface area (Å²) in [4.78, 5) is 18.0. The standard InChI is InChI=1S/C13H18N2O3/c1-17-12-5-3-4-11(14-12)9-15-7-6-10(8-15)13(16)18-2/h3-5,10H,6-9H2,1-2H3. The van der Waals surface area contributed by atoms with Gasteiger partial charge in [0.25, 0.3) is 0 Å². The predicted octanol–water partition coefficient (Wildman–Crippen LogP) is 1.09. The summed E-state index contributed by atoms with van der Waals surface area (Å²) in [5.41, 5.74) is 0.958. The first-order valence-corrected chi connectivity index (χ1v) is 6.03. The van der Waals surface area contributed by atoms with Crippen LogP contribution in [0.1, 0.15) is 12.1 Å². The van der Waals surface area contributed by atoms with Crippen LogP contribution < -0.4 is 4.74 Å². The summed E-state index contributed by atoms with van der Waals surface area (Å²) in [5, 5.41) is 0. The Kier molecular flexibility index (Phi) is 4.15. The molecule has 0 amide bonds. The third-order valence-electron chi connectivity index (χ3n) is 3.18. The molecular formula is C13H18N2O3. The average molecular weight is 250 g/mol. The molecule has 0 aliphatic carbocycles. The number of carbonyl (C=O) groups excluding carboxylic acids is 1. The molecule has 1 aliphatic rings. The zero-order chi connectivity index (χ0) is 13.0. The first-order valence-electron chi connectivity index (χ1n) is 6.03. The van der Waals surface area contributed by atoms with Crippen LogP contribution in [0.25, 0.3) is 0 Å². The maximum absolute atomic E-state index is 11.4. The average Bonchev–Trinajstić information content (AvgIpc) is 2.86. The van der Waals surface area contributed by atoms with Crippen LogP contribution in [-0.4, -0.2) is 43.2 Å². The number of hydrogen-bond donors (Lipinski definition) is 0. The minimum atomic E-state index is -0.115. The Balaban J connectivity index is 1.92. The van der Waals surface area contributed by atoms with Gasteiger partial charge in [0, 0.05) is 19.2 Å². The van der Waals surface area contributed by atoms with Crippen LogP contribution in [0.2, 0.25) is 0 Å². The maximum Gasteiger partial charge on any atom is 0.310 e. The Morgan fingerprint density at radius 1 is 1.50 bits per heavy atom. The van der Waals surface area contributed by atoms with Crippen molar-refractivity contribution in [3.8, 4) is 5.88 Å². The number of hydrogen-bond acceptors (Lipinski definition) is 5. The van der Waals surface area contributed by atoms with Crippen molar-refractivity contribution < 1.29 is 14.3 Å². The van der Waals surface area contributed by atoms with Gasteiger partial charge in [0.1, 0.15) is 0 Å². The van der Waals surface area contributed by atoms with Gasteiger partial charge in [0.15, 0.2) is 0 Å². The topological polar surface area (TPSA) is 51.7 Å². The maximum atomic E-state index is 11.4. The Labute approximate surface area is 107 Å². The third kappa shape index (κ3) is 2.98. The highest BCUT2D eigenvalue weighted by atomic mass is 16.5. The lowest BCUT2D eigenvalue weighted by atomic mass is 10.1. The van der Waals surface area contributed by atoms with Gasteiger partial charge in [0.2, 0.25) is 5.88 Å². The molecule has 5 heteroatoms. The minimum absolute atomic E-state index is 0.000563. The molecule has 0 N–H and O–H groups in total. The van der Waals surface area contributed by atoms with Crippen LogP contribution in [0.15, 0.2) is 18.2 Å². The summed E-state index contributed by atoms with van der Waals surface area (Å²) in [6, 6.07) is 5.72. The summed E-state index contributed by atoms with van der Waals surface area (Å²) in [6.07, 6.45) is 0.858. The smallest absolute Gasteiger partial charge is 0.310 e. The van der Waals surface area contributed by atoms with Gasteiger partial charge in [-0.25, -0.2) is 4.98 Å². The Morgan fingerprint density at radius 2 is 2.33 bits per heavy atom. The normalized spacial score (nSPS) is 19.8. The molecule has 1 atom stereocenters. The van der Waals surface area contributed by atoms with Crippen molar-refractivity contribution in [1.29, 1.82) is 0 Å². The van der Waals surface area contributed by atoms with Gasteiger partial charge < -0.3 is 9.47 Å². The molecule has 1 aliphatic heterocycles. The molecule has 98 valence electrons. The number of nitrogens with zero attached hydrogens (tertiary/aromatic N) is 2. The molecule has 0 bridgehead atoms. The van der Waals surface area contributed by atoms with Gasteiger partial charge >= 0.3 is 5.97 Å². The number of rotatable bonds is 4. The Bertz CT molecular complexity index is 422. The van der Waals surface area contributed by atoms with Crippen molar-refractivity contribution in [3.05, 3.63) is 23.9 Å². The van der Waals surface area contributed by atoms with E-state index in [0.717, 1.165) is 31.7 Å². The molecule has 0 radical (unpaired) electrons. The lowest BCUT2D eigenvalue weighted by molar-refractivity contribution is -0.144. The monoisotopic (exact) mass is 250 g/mol. The van der Waals surface area contributed by atoms with Crippen LogP contribution in [0.4, 0.5) is 0 Å². The number of likely N-dealkylation sites (tertiary alicyclic amines) is 1. The zero-order valence-corrected chi connectivity index (χ0v) is 10.8. The van der Waals surface area contributed by atoms with Crippen molar-refractivity contribution in [3.63, 3.8) is 0 Å². The highest BCUT2D eigenvalue weighted by Crippen LogP contribution is 2.19. The molecule has 2 rings (SSSR count). The highest BCUT2D eigenvalue weighted by molar-refractivity contribution is 5.72. The van der Waals surface area contributed by atoms with E-state index in [1.54, 1.807) is 7.11 Å². The largest absolute Gasteiger partial charge is 0.481 e. The molecule has 0 spiro atoms. The number of pyridine rings is 1. The summed E-state index contributed by atoms with van der Waals surface area (Å²) in [7, 11) is 3.05. The van der Waals surface area contributed by atoms with Crippen molar-refractivity contribution in [1.82, 2.24) is 9.88 Å². The molecule has 1 unspecified atom stereocenters. The van der Waals surface area contributed by atoms with Crippen LogP contribution in [0.3, 0.4) is 0 Å². The molecule has 5 nitrogen and oxygen atoms in total. The van der Waals surface area contributed by atoms with Gasteiger partial charge in [-0.3, -0.25) is 9.69 Å². The minimum Gasteiger partial charge on any atom is -0.481 e. The van der Waals surface area contributed by atoms with Crippen LogP contribution in [0.5, 0.6) is 5.88 Å². The van der Waals surface area contributed by atoms with E-state index < -0.39 is 0 Å². The number of aromatic nitrogens is 1. The van der Waals surface area contributed by atoms with Crippen LogP contribution in [0, 0.1) is 5.92 Å². The fourth-order valence-electron chi connectivity index (χ4n) is 2.22. The fraction of sp³-hybridized carbons (Fsp3) is 0.538. The zero-order valence-electron chi connectivity index (χ0n) is 10.8. The Morgan fingerprint density at radius 3 is 3.06 bits per heavy atom. The Hall–Kier alpha value is -1.62. The number of ether oxygens (including phenoxy) is 2. The molecule has 1 fully saturated rings. The summed E-state index contributed by atoms with van der Waals surface area (Å²) >= 11 is 0. The molecule has 0 aromatic carbocycles. The van der Waals surface area contributed by atoms with E-state index in [0.29, 0.717) is 5.88 Å². The van der Waals surface area contributed by atoms with E-state index >= 15 is 0 Å². The fourth-order valence-corrected chi connectivity index (χ4v) is 2.22. The number of carbonyl (C=O) groups is 1. The van der Waals surface area contributed by atoms with Gasteiger partial charge in [0.05, 0.1) is 25.8 Å². The molecule has 1 saturated heterocycles. The second kappa shape index (κ2) is 5.82. The number of esters is 1. The molecule has 1 aromatic heterocycles. The SMILES string of the molecule is COC(=O)C1CCN(Cc2cccc(OC)n2)C1. The van der Waals surface area contributed by atoms with Crippen molar-refractivity contribution in [2.75, 3.05) is 27.3 Å². The second-order valence-electron chi connectivity index (χ2n) is 4.42. The molecule has 2 heterocycles. The molecule has 1 aromatic rings. The summed E-state index contributed by atoms with van der Waals surface area (Å²) in [6.45, 7) is 2.38. The van der Waals surface area contributed by atoms with Gasteiger partial charge in [-0.05, 0) is 19.0 Å².